The van der Waals surface area contributed by atoms with Crippen LogP contribution in [0.1, 0.15) is 12.0 Å². The van der Waals surface area contributed by atoms with Crippen LogP contribution in [0.4, 0.5) is 0 Å². The van der Waals surface area contributed by atoms with Crippen molar-refractivity contribution in [2.45, 2.75) is 25.0 Å². The first-order valence-corrected chi connectivity index (χ1v) is 11.0. The molecule has 3 aromatic rings. The molecule has 4 rings (SSSR count). The number of carbonyl (C=O) groups excluding carboxylic acids is 1. The van der Waals surface area contributed by atoms with E-state index in [0.29, 0.717) is 25.2 Å². The maximum absolute atomic E-state index is 12.6. The molecule has 9 heteroatoms. The summed E-state index contributed by atoms with van der Waals surface area (Å²) in [6.45, 7) is 5.56. The molecule has 1 amide bonds. The van der Waals surface area contributed by atoms with E-state index in [1.807, 2.05) is 36.4 Å². The quantitative estimate of drug-likeness (QED) is 0.369. The molecule has 3 atom stereocenters. The fourth-order valence-electron chi connectivity index (χ4n) is 3.91. The summed E-state index contributed by atoms with van der Waals surface area (Å²) in [4.78, 5) is 24.3. The van der Waals surface area contributed by atoms with Crippen molar-refractivity contribution in [3.8, 4) is 17.2 Å². The second-order valence-corrected chi connectivity index (χ2v) is 8.34. The van der Waals surface area contributed by atoms with Crippen molar-refractivity contribution in [3.05, 3.63) is 65.5 Å². The second-order valence-electron chi connectivity index (χ2n) is 8.34. The zero-order valence-electron chi connectivity index (χ0n) is 19.5. The minimum Gasteiger partial charge on any atom is -0.408 e. The number of carbonyl (C=O) groups is 1. The number of hydrogen-bond donors (Lipinski definition) is 2. The molecule has 2 heterocycles. The maximum atomic E-state index is 12.6. The number of amides is 1. The number of aromatic nitrogens is 1. The van der Waals surface area contributed by atoms with Gasteiger partial charge in [-0.2, -0.15) is 11.7 Å². The molecule has 0 saturated carbocycles. The Bertz CT molecular complexity index is 1230. The van der Waals surface area contributed by atoms with Crippen LogP contribution in [0, 0.1) is 24.2 Å². The van der Waals surface area contributed by atoms with Gasteiger partial charge in [0.05, 0.1) is 11.6 Å². The van der Waals surface area contributed by atoms with E-state index in [2.05, 4.69) is 23.6 Å². The van der Waals surface area contributed by atoms with Gasteiger partial charge in [-0.05, 0) is 41.3 Å². The summed E-state index contributed by atoms with van der Waals surface area (Å²) in [6.07, 6.45) is 0.514. The summed E-state index contributed by atoms with van der Waals surface area (Å²) in [5.74, 6) is -0.393. The van der Waals surface area contributed by atoms with Gasteiger partial charge >= 0.3 is 74.6 Å². The standard InChI is InChI=1S/C25H27N4O4.Cs/c1-3-16-13-27-14-23(32-15-16)24(30)28-20(12-26)10-17-4-6-18(7-5-17)19-8-9-22-21(11-19)29(2)25(31)33-22;/h4-9,11,16,20,23,27H,1,3,10,13-15H2,2H3,(H,28,30);/q-1;+1/t16-,20+,23+;/m1./s1. The first-order chi connectivity index (χ1) is 16.0. The number of nitrogens with one attached hydrogen (secondary N) is 2. The summed E-state index contributed by atoms with van der Waals surface area (Å²) < 4.78 is 12.4. The van der Waals surface area contributed by atoms with Crippen molar-refractivity contribution in [1.82, 2.24) is 15.2 Å². The molecule has 1 saturated heterocycles. The predicted molar refractivity (Wildman–Crippen MR) is 124 cm³/mol. The minimum absolute atomic E-state index is 0. The van der Waals surface area contributed by atoms with E-state index in [-0.39, 0.29) is 80.7 Å². The van der Waals surface area contributed by atoms with Crippen molar-refractivity contribution in [2.24, 2.45) is 13.0 Å². The van der Waals surface area contributed by atoms with Gasteiger partial charge in [0, 0.05) is 26.6 Å². The molecule has 0 spiro atoms. The largest absolute Gasteiger partial charge is 1.00 e. The van der Waals surface area contributed by atoms with Gasteiger partial charge in [0.25, 0.3) is 5.91 Å². The van der Waals surface area contributed by atoms with Gasteiger partial charge in [-0.3, -0.25) is 9.36 Å². The second kappa shape index (κ2) is 12.6. The molecule has 0 bridgehead atoms. The SMILES string of the molecule is [CH2-]C[C@@H]1CNC[C@@H](C(=O)N[C@H](C#N)Cc2ccc(-c3ccc4oc(=O)n(C)c4c3)cc2)OC1.[Cs+]. The average Bonchev–Trinajstić information content (AvgIpc) is 2.99. The van der Waals surface area contributed by atoms with Crippen LogP contribution in [0.3, 0.4) is 0 Å². The summed E-state index contributed by atoms with van der Waals surface area (Å²) >= 11 is 0. The van der Waals surface area contributed by atoms with E-state index in [1.54, 1.807) is 13.1 Å². The molecule has 0 unspecified atom stereocenters. The monoisotopic (exact) mass is 580 g/mol. The fraction of sp³-hybridized carbons (Fsp3) is 0.360. The molecule has 1 aromatic heterocycles. The molecule has 1 aliphatic heterocycles. The number of fused-ring (bicyclic) bond motifs is 1. The molecule has 172 valence electrons. The molecule has 2 aromatic carbocycles. The summed E-state index contributed by atoms with van der Waals surface area (Å²) in [7, 11) is 1.67. The van der Waals surface area contributed by atoms with Crippen LogP contribution in [0.25, 0.3) is 22.2 Å². The fourth-order valence-corrected chi connectivity index (χ4v) is 3.91. The number of rotatable bonds is 6. The molecular weight excluding hydrogens is 553 g/mol. The van der Waals surface area contributed by atoms with Crippen LogP contribution < -0.4 is 85.3 Å². The van der Waals surface area contributed by atoms with Crippen molar-refractivity contribution >= 4 is 17.0 Å². The van der Waals surface area contributed by atoms with Gasteiger partial charge < -0.3 is 26.7 Å². The van der Waals surface area contributed by atoms with Gasteiger partial charge in [-0.25, -0.2) is 4.79 Å². The molecule has 2 N–H and O–H groups in total. The van der Waals surface area contributed by atoms with Crippen LogP contribution in [0.2, 0.25) is 0 Å². The van der Waals surface area contributed by atoms with Crippen LogP contribution in [-0.2, 0) is 23.0 Å². The smallest absolute Gasteiger partial charge is 0.408 e. The van der Waals surface area contributed by atoms with Gasteiger partial charge in [-0.1, -0.05) is 30.3 Å². The molecule has 34 heavy (non-hydrogen) atoms. The molecule has 1 fully saturated rings. The number of nitrogens with zero attached hydrogens (tertiary/aromatic N) is 2. The Morgan fingerprint density at radius 2 is 2.00 bits per heavy atom. The van der Waals surface area contributed by atoms with Crippen molar-refractivity contribution < 1.29 is 82.8 Å². The van der Waals surface area contributed by atoms with E-state index in [9.17, 15) is 14.9 Å². The Kier molecular flexibility index (Phi) is 10.1. The Hall–Kier alpha value is -1.36. The van der Waals surface area contributed by atoms with Crippen LogP contribution >= 0.6 is 0 Å². The summed E-state index contributed by atoms with van der Waals surface area (Å²) in [5.41, 5.74) is 4.13. The third-order valence-electron chi connectivity index (χ3n) is 5.99. The van der Waals surface area contributed by atoms with Crippen LogP contribution in [0.15, 0.2) is 51.7 Å². The van der Waals surface area contributed by atoms with Crippen molar-refractivity contribution in [2.75, 3.05) is 19.7 Å². The predicted octanol–water partition coefficient (Wildman–Crippen LogP) is -0.818. The Labute approximate surface area is 257 Å². The normalized spacial score (nSPS) is 19.0. The van der Waals surface area contributed by atoms with Gasteiger partial charge in [0.2, 0.25) is 0 Å². The first-order valence-electron chi connectivity index (χ1n) is 11.0. The number of hydrogen-bond acceptors (Lipinski definition) is 6. The zero-order chi connectivity index (χ0) is 23.4. The van der Waals surface area contributed by atoms with E-state index >= 15 is 0 Å². The number of nitriles is 1. The molecule has 8 nitrogen and oxygen atoms in total. The third-order valence-corrected chi connectivity index (χ3v) is 5.99. The van der Waals surface area contributed by atoms with Gasteiger partial charge in [-0.15, -0.1) is 0 Å². The van der Waals surface area contributed by atoms with Crippen molar-refractivity contribution in [3.63, 3.8) is 0 Å². The minimum atomic E-state index is -0.657. The molecule has 0 radical (unpaired) electrons. The van der Waals surface area contributed by atoms with Gasteiger partial charge in [0.15, 0.2) is 5.58 Å². The maximum Gasteiger partial charge on any atom is 1.00 e. The number of aryl methyl sites for hydroxylation is 1. The van der Waals surface area contributed by atoms with E-state index in [1.165, 1.54) is 4.57 Å². The molecule has 1 aliphatic rings. The molecule has 0 aliphatic carbocycles. The number of benzene rings is 2. The van der Waals surface area contributed by atoms with E-state index < -0.39 is 17.9 Å². The Morgan fingerprint density at radius 1 is 1.26 bits per heavy atom. The number of oxazole rings is 1. The Morgan fingerprint density at radius 3 is 2.71 bits per heavy atom. The van der Waals surface area contributed by atoms with Crippen LogP contribution in [-0.4, -0.2) is 42.3 Å². The van der Waals surface area contributed by atoms with E-state index in [0.717, 1.165) is 35.2 Å². The molecular formula is C25H27CsN4O4. The zero-order valence-corrected chi connectivity index (χ0v) is 25.8. The van der Waals surface area contributed by atoms with E-state index in [4.69, 9.17) is 9.15 Å². The van der Waals surface area contributed by atoms with Crippen molar-refractivity contribution in [1.29, 1.82) is 5.26 Å². The van der Waals surface area contributed by atoms with Gasteiger partial charge in [0.1, 0.15) is 12.1 Å². The average molecular weight is 580 g/mol. The van der Waals surface area contributed by atoms with Crippen LogP contribution in [0.5, 0.6) is 0 Å². The Balaban J connectivity index is 0.00000324. The number of ether oxygens (including phenoxy) is 1. The first kappa shape index (κ1) is 27.2. The topological polar surface area (TPSA) is 109 Å². The third kappa shape index (κ3) is 6.44. The summed E-state index contributed by atoms with van der Waals surface area (Å²) in [6, 6.07) is 14.9. The summed E-state index contributed by atoms with van der Waals surface area (Å²) in [5, 5.41) is 15.6.